The van der Waals surface area contributed by atoms with Gasteiger partial charge in [0.2, 0.25) is 0 Å². The molecular weight excluding hydrogens is 350 g/mol. The van der Waals surface area contributed by atoms with Gasteiger partial charge in [0.25, 0.3) is 12.9 Å². The molecule has 0 spiro atoms. The van der Waals surface area contributed by atoms with Gasteiger partial charge in [-0.25, -0.2) is 0 Å². The summed E-state index contributed by atoms with van der Waals surface area (Å²) in [5, 5.41) is 1.63. The minimum atomic E-state index is -4.13. The number of thiophene rings is 1. The van der Waals surface area contributed by atoms with Gasteiger partial charge in [-0.05, 0) is 63.8 Å². The van der Waals surface area contributed by atoms with Crippen LogP contribution in [-0.4, -0.2) is 47.9 Å². The van der Waals surface area contributed by atoms with Crippen LogP contribution >= 0.6 is 11.3 Å². The average Bonchev–Trinajstić information content (AvgIpc) is 3.20. The van der Waals surface area contributed by atoms with E-state index in [1.807, 2.05) is 0 Å². The maximum Gasteiger partial charge on any atom is 0.293 e. The summed E-state index contributed by atoms with van der Waals surface area (Å²) in [5.74, 6) is -3.64. The molecule has 0 atom stereocenters. The van der Waals surface area contributed by atoms with Gasteiger partial charge in [0, 0.05) is 39.9 Å². The van der Waals surface area contributed by atoms with Crippen LogP contribution in [0, 0.1) is 0 Å². The van der Waals surface area contributed by atoms with Crippen LogP contribution in [0.4, 0.5) is 0 Å². The molecule has 7 heteroatoms. The molecule has 1 saturated heterocycles. The number of fused-ring (bicyclic) bond motifs is 1. The molecule has 2 aromatic rings. The molecule has 26 heavy (non-hydrogen) atoms. The highest BCUT2D eigenvalue weighted by molar-refractivity contribution is 7.16. The van der Waals surface area contributed by atoms with Crippen LogP contribution in [0.3, 0.4) is 0 Å². The van der Waals surface area contributed by atoms with Gasteiger partial charge in [-0.1, -0.05) is 6.37 Å². The lowest BCUT2D eigenvalue weighted by Crippen LogP contribution is -2.36. The Kier molecular flexibility index (Phi) is 1.56. The van der Waals surface area contributed by atoms with E-state index in [1.54, 1.807) is 0 Å². The molecule has 1 fully saturated rings. The predicted octanol–water partition coefficient (Wildman–Crippen LogP) is 2.96. The van der Waals surface area contributed by atoms with Crippen LogP contribution < -0.4 is 10.9 Å². The number of hydrogen-bond donors (Lipinski definition) is 2. The largest absolute Gasteiger partial charge is 0.506 e. The first-order chi connectivity index (χ1) is 22.3. The number of nitrogens with zero attached hydrogens (tertiary/aromatic N) is 2. The fraction of sp³-hybridized carbons (Fsp3) is 0.579. The second-order valence-corrected chi connectivity index (χ2v) is 5.34. The lowest BCUT2D eigenvalue weighted by Gasteiger charge is -2.26. The van der Waals surface area contributed by atoms with Crippen molar-refractivity contribution in [1.82, 2.24) is 14.8 Å². The van der Waals surface area contributed by atoms with Crippen molar-refractivity contribution < 1.29 is 42.8 Å². The van der Waals surface area contributed by atoms with E-state index in [-0.39, 0.29) is 15.9 Å². The Bertz CT molecular complexity index is 1750. The number of rotatable bonds is 7. The summed E-state index contributed by atoms with van der Waals surface area (Å²) in [5.41, 5.74) is -3.89. The molecule has 3 heterocycles. The maximum atomic E-state index is 13.9. The van der Waals surface area contributed by atoms with E-state index in [4.69, 9.17) is 34.4 Å². The zero-order chi connectivity index (χ0) is 40.5. The van der Waals surface area contributed by atoms with E-state index >= 15 is 0 Å². The van der Waals surface area contributed by atoms with Gasteiger partial charge in [-0.2, -0.15) is 0 Å². The molecule has 0 saturated carbocycles. The topological polar surface area (TPSA) is 74.6 Å². The number of carbonyl (C=O) groups is 1. The Morgan fingerprint density at radius 1 is 1.62 bits per heavy atom. The Hall–Kier alpha value is -1.86. The smallest absolute Gasteiger partial charge is 0.293 e. The van der Waals surface area contributed by atoms with E-state index in [0.29, 0.717) is 0 Å². The maximum absolute atomic E-state index is 13.9. The van der Waals surface area contributed by atoms with Crippen LogP contribution in [0.25, 0.3) is 10.2 Å². The number of carbonyl (C=O) groups excluding carboxylic acids is 1. The van der Waals surface area contributed by atoms with E-state index in [9.17, 15) is 9.59 Å². The zero-order valence-electron chi connectivity index (χ0n) is 37.7. The Morgan fingerprint density at radius 3 is 3.15 bits per heavy atom. The molecule has 1 aliphatic rings. The van der Waals surface area contributed by atoms with Crippen molar-refractivity contribution in [1.29, 1.82) is 1.43 Å². The third kappa shape index (κ3) is 3.78. The van der Waals surface area contributed by atoms with Crippen LogP contribution in [0.15, 0.2) is 16.2 Å². The average molecular weight is 403 g/mol. The van der Waals surface area contributed by atoms with Crippen molar-refractivity contribution in [2.45, 2.75) is 45.3 Å². The minimum absolute atomic E-state index is 0.0640. The molecule has 1 amide bonds. The Morgan fingerprint density at radius 2 is 2.42 bits per heavy atom. The first-order valence-electron chi connectivity index (χ1n) is 19.1. The molecule has 3 rings (SSSR count). The molecule has 0 aromatic carbocycles. The van der Waals surface area contributed by atoms with Crippen LogP contribution in [0.2, 0.25) is 1.41 Å². The van der Waals surface area contributed by atoms with Crippen molar-refractivity contribution >= 4 is 27.5 Å². The summed E-state index contributed by atoms with van der Waals surface area (Å²) in [6.07, 6.45) is -14.2. The van der Waals surface area contributed by atoms with Crippen molar-refractivity contribution in [3.63, 3.8) is 0 Å². The fourth-order valence-corrected chi connectivity index (χ4v) is 2.71. The standard InChI is InChI=1S/C19H27N3O3S/c1-13(2)22-18(25)15(16(23)14-7-12-26-19(14)22)17(24)20-8-6-11-21-9-4-3-5-10-21/h7,12-13,23H,3-6,8-11H2,1-2H3,(H,20,24)/i1D3,2D3,3D2,4D2,5D2,7D,8D2,9D2,10D2,11D2,12D,13D/hD2. The number of pyridine rings is 1. The Balaban J connectivity index is 2.33. The predicted molar refractivity (Wildman–Crippen MR) is 105 cm³/mol. The molecule has 0 aliphatic carbocycles. The lowest BCUT2D eigenvalue weighted by atomic mass is 10.1. The highest BCUT2D eigenvalue weighted by atomic mass is 32.1. The molecule has 0 radical (unpaired) electrons. The molecule has 6 nitrogen and oxygen atoms in total. The molecule has 2 aromatic heterocycles. The van der Waals surface area contributed by atoms with Crippen molar-refractivity contribution in [3.8, 4) is 5.75 Å². The summed E-state index contributed by atoms with van der Waals surface area (Å²) >= 11 is 0.0640. The summed E-state index contributed by atoms with van der Waals surface area (Å²) in [4.78, 5) is 26.0. The fourth-order valence-electron chi connectivity index (χ4n) is 1.95. The normalized spacial score (nSPS) is 41.8. The monoisotopic (exact) mass is 402 g/mol. The van der Waals surface area contributed by atoms with Gasteiger partial charge in [0.1, 0.15) is 16.1 Å². The molecular formula is C19H27N3O3S. The SMILES string of the molecule is [2H]Oc1c(C(=O)N([2H])C([2H])([2H])CC([2H])([2H])N2C([2H])([2H])C([2H])([2H])C([2H])([2H])C([2H])([2H])C2([2H])[2H])c(=O)n(C([2H])(C([2H])([2H])[2H])C([2H])([2H])[2H])c2sc([2H])c([2H])c12. The van der Waals surface area contributed by atoms with Crippen LogP contribution in [0.5, 0.6) is 5.75 Å². The Labute approximate surface area is 192 Å². The lowest BCUT2D eigenvalue weighted by molar-refractivity contribution is 0.0946. The van der Waals surface area contributed by atoms with Crippen molar-refractivity contribution in [2.75, 3.05) is 26.0 Å². The number of hydrogen-bond acceptors (Lipinski definition) is 5. The minimum Gasteiger partial charge on any atom is -0.506 e. The number of nitrogens with one attached hydrogen (secondary N) is 1. The number of aromatic hydroxyl groups is 1. The van der Waals surface area contributed by atoms with E-state index in [1.165, 1.54) is 0 Å². The van der Waals surface area contributed by atoms with E-state index in [0.717, 1.165) is 0 Å². The van der Waals surface area contributed by atoms with Gasteiger partial charge in [0.05, 0.1) is 9.50 Å². The second-order valence-electron chi connectivity index (χ2n) is 4.55. The molecule has 0 unspecified atom stereocenters. The highest BCUT2D eigenvalue weighted by Gasteiger charge is 2.23. The zero-order valence-corrected chi connectivity index (χ0v) is 13.5. The van der Waals surface area contributed by atoms with Crippen molar-refractivity contribution in [3.05, 3.63) is 27.3 Å². The van der Waals surface area contributed by atoms with E-state index in [2.05, 4.69) is 5.11 Å². The number of likely N-dealkylation sites (tertiary alicyclic amines) is 1. The van der Waals surface area contributed by atoms with Crippen molar-refractivity contribution in [2.24, 2.45) is 0 Å². The van der Waals surface area contributed by atoms with Gasteiger partial charge in [-0.3, -0.25) is 14.2 Å². The molecule has 142 valence electrons. The second kappa shape index (κ2) is 8.22. The molecule has 2 N–H and O–H groups in total. The first kappa shape index (κ1) is 4.94. The summed E-state index contributed by atoms with van der Waals surface area (Å²) in [6, 6.07) is -5.03. The number of piperidine rings is 1. The van der Waals surface area contributed by atoms with E-state index < -0.39 is 126 Å². The first-order valence-corrected chi connectivity index (χ1v) is 7.58. The quantitative estimate of drug-likeness (QED) is 0.747. The molecule has 1 aliphatic heterocycles. The van der Waals surface area contributed by atoms with Crippen LogP contribution in [-0.2, 0) is 0 Å². The number of amides is 1. The summed E-state index contributed by atoms with van der Waals surface area (Å²) in [7, 11) is 0. The third-order valence-corrected chi connectivity index (χ3v) is 3.79. The molecule has 0 bridgehead atoms. The van der Waals surface area contributed by atoms with Gasteiger partial charge in [-0.15, -0.1) is 11.3 Å². The van der Waals surface area contributed by atoms with Gasteiger partial charge >= 0.3 is 0 Å². The number of aromatic nitrogens is 1. The van der Waals surface area contributed by atoms with Gasteiger partial charge in [0.15, 0.2) is 1.41 Å². The highest BCUT2D eigenvalue weighted by Crippen LogP contribution is 2.31. The third-order valence-electron chi connectivity index (χ3n) is 3.01. The summed E-state index contributed by atoms with van der Waals surface area (Å²) in [6.45, 7) is -24.1. The summed E-state index contributed by atoms with van der Waals surface area (Å²) < 4.78 is 201. The van der Waals surface area contributed by atoms with Crippen LogP contribution in [0.1, 0.15) is 87.1 Å². The van der Waals surface area contributed by atoms with Gasteiger partial charge < -0.3 is 15.3 Å².